The van der Waals surface area contributed by atoms with Gasteiger partial charge in [-0.05, 0) is 24.6 Å². The molecule has 1 saturated heterocycles. The molecule has 5 nitrogen and oxygen atoms in total. The van der Waals surface area contributed by atoms with Crippen LogP contribution in [0.3, 0.4) is 0 Å². The first-order valence-corrected chi connectivity index (χ1v) is 7.36. The Hall–Kier alpha value is -1.96. The second kappa shape index (κ2) is 7.54. The molecule has 128 valence electrons. The van der Waals surface area contributed by atoms with Crippen LogP contribution in [0.1, 0.15) is 12.5 Å². The molecule has 1 aliphatic rings. The predicted octanol–water partition coefficient (Wildman–Crippen LogP) is 2.86. The molecule has 1 amide bonds. The maximum absolute atomic E-state index is 12.2. The van der Waals surface area contributed by atoms with E-state index in [-0.39, 0.29) is 11.8 Å². The van der Waals surface area contributed by atoms with Gasteiger partial charge in [-0.3, -0.25) is 4.90 Å². The van der Waals surface area contributed by atoms with Crippen LogP contribution in [0.15, 0.2) is 24.3 Å². The van der Waals surface area contributed by atoms with Crippen molar-refractivity contribution >= 4 is 6.09 Å². The van der Waals surface area contributed by atoms with Crippen LogP contribution < -0.4 is 4.74 Å². The van der Waals surface area contributed by atoms with Gasteiger partial charge >= 0.3 is 12.5 Å². The van der Waals surface area contributed by atoms with Gasteiger partial charge in [0.05, 0.1) is 6.61 Å². The largest absolute Gasteiger partial charge is 0.573 e. The van der Waals surface area contributed by atoms with Gasteiger partial charge in [-0.2, -0.15) is 0 Å². The van der Waals surface area contributed by atoms with Crippen molar-refractivity contribution in [2.24, 2.45) is 0 Å². The van der Waals surface area contributed by atoms with Crippen molar-refractivity contribution in [2.45, 2.75) is 19.8 Å². The number of carbonyl (C=O) groups is 1. The number of benzene rings is 1. The number of hydrogen-bond acceptors (Lipinski definition) is 4. The minimum atomic E-state index is -4.69. The molecule has 0 saturated carbocycles. The SMILES string of the molecule is CCOC(=O)N1CCN(Cc2cccc(OC(F)(F)F)c2)CC1. The summed E-state index contributed by atoms with van der Waals surface area (Å²) >= 11 is 0. The van der Waals surface area contributed by atoms with Gasteiger partial charge in [0, 0.05) is 32.7 Å². The first-order valence-electron chi connectivity index (χ1n) is 7.36. The van der Waals surface area contributed by atoms with E-state index in [1.54, 1.807) is 17.9 Å². The van der Waals surface area contributed by atoms with E-state index in [4.69, 9.17) is 4.74 Å². The van der Waals surface area contributed by atoms with Gasteiger partial charge in [-0.1, -0.05) is 12.1 Å². The number of piperazine rings is 1. The maximum Gasteiger partial charge on any atom is 0.573 e. The van der Waals surface area contributed by atoms with Gasteiger partial charge < -0.3 is 14.4 Å². The smallest absolute Gasteiger partial charge is 0.450 e. The molecule has 1 fully saturated rings. The zero-order valence-corrected chi connectivity index (χ0v) is 12.8. The van der Waals surface area contributed by atoms with E-state index in [0.717, 1.165) is 5.56 Å². The summed E-state index contributed by atoms with van der Waals surface area (Å²) in [6.07, 6.45) is -5.02. The highest BCUT2D eigenvalue weighted by Crippen LogP contribution is 2.24. The molecule has 2 rings (SSSR count). The zero-order valence-electron chi connectivity index (χ0n) is 12.8. The summed E-state index contributed by atoms with van der Waals surface area (Å²) in [4.78, 5) is 15.3. The lowest BCUT2D eigenvalue weighted by Crippen LogP contribution is -2.48. The highest BCUT2D eigenvalue weighted by Gasteiger charge is 2.31. The molecule has 0 aliphatic carbocycles. The molecule has 0 atom stereocenters. The molecule has 1 aliphatic heterocycles. The van der Waals surface area contributed by atoms with Crippen LogP contribution in [0, 0.1) is 0 Å². The topological polar surface area (TPSA) is 42.0 Å². The van der Waals surface area contributed by atoms with Gasteiger partial charge in [0.2, 0.25) is 0 Å². The van der Waals surface area contributed by atoms with Crippen molar-refractivity contribution in [3.8, 4) is 5.75 Å². The average molecular weight is 332 g/mol. The number of ether oxygens (including phenoxy) is 2. The molecule has 0 bridgehead atoms. The Morgan fingerprint density at radius 2 is 1.91 bits per heavy atom. The number of amides is 1. The quantitative estimate of drug-likeness (QED) is 0.850. The van der Waals surface area contributed by atoms with Gasteiger partial charge in [0.15, 0.2) is 0 Å². The maximum atomic E-state index is 12.2. The molecular weight excluding hydrogens is 313 g/mol. The van der Waals surface area contributed by atoms with Crippen molar-refractivity contribution in [1.82, 2.24) is 9.80 Å². The summed E-state index contributed by atoms with van der Waals surface area (Å²) in [6, 6.07) is 5.94. The third-order valence-electron chi connectivity index (χ3n) is 3.44. The lowest BCUT2D eigenvalue weighted by atomic mass is 10.2. The van der Waals surface area contributed by atoms with E-state index in [2.05, 4.69) is 9.64 Å². The fourth-order valence-corrected chi connectivity index (χ4v) is 2.40. The van der Waals surface area contributed by atoms with Crippen molar-refractivity contribution < 1.29 is 27.4 Å². The molecule has 0 spiro atoms. The molecule has 0 unspecified atom stereocenters. The fourth-order valence-electron chi connectivity index (χ4n) is 2.40. The van der Waals surface area contributed by atoms with Crippen LogP contribution in [0.5, 0.6) is 5.75 Å². The van der Waals surface area contributed by atoms with Gasteiger partial charge in [-0.15, -0.1) is 13.2 Å². The van der Waals surface area contributed by atoms with Crippen molar-refractivity contribution in [2.75, 3.05) is 32.8 Å². The molecule has 8 heteroatoms. The minimum Gasteiger partial charge on any atom is -0.450 e. The Kier molecular flexibility index (Phi) is 5.70. The number of nitrogens with zero attached hydrogens (tertiary/aromatic N) is 2. The first kappa shape index (κ1) is 17.4. The Balaban J connectivity index is 1.87. The average Bonchev–Trinajstić information content (AvgIpc) is 2.47. The molecule has 1 aromatic carbocycles. The summed E-state index contributed by atoms with van der Waals surface area (Å²) in [5, 5.41) is 0. The van der Waals surface area contributed by atoms with Crippen molar-refractivity contribution in [1.29, 1.82) is 0 Å². The summed E-state index contributed by atoms with van der Waals surface area (Å²) in [7, 11) is 0. The Morgan fingerprint density at radius 1 is 1.22 bits per heavy atom. The van der Waals surface area contributed by atoms with E-state index in [9.17, 15) is 18.0 Å². The number of halogens is 3. The van der Waals surface area contributed by atoms with Crippen LogP contribution in [-0.2, 0) is 11.3 Å². The third-order valence-corrected chi connectivity index (χ3v) is 3.44. The van der Waals surface area contributed by atoms with Crippen LogP contribution in [0.2, 0.25) is 0 Å². The number of rotatable bonds is 4. The second-order valence-corrected chi connectivity index (χ2v) is 5.16. The molecule has 0 radical (unpaired) electrons. The molecule has 23 heavy (non-hydrogen) atoms. The van der Waals surface area contributed by atoms with E-state index in [1.807, 2.05) is 0 Å². The van der Waals surface area contributed by atoms with Gasteiger partial charge in [0.25, 0.3) is 0 Å². The first-order chi connectivity index (χ1) is 10.9. The Morgan fingerprint density at radius 3 is 2.52 bits per heavy atom. The Labute approximate surface area is 132 Å². The van der Waals surface area contributed by atoms with Gasteiger partial charge in [0.1, 0.15) is 5.75 Å². The van der Waals surface area contributed by atoms with Crippen LogP contribution in [0.25, 0.3) is 0 Å². The van der Waals surface area contributed by atoms with E-state index in [1.165, 1.54) is 18.2 Å². The fraction of sp³-hybridized carbons (Fsp3) is 0.533. The zero-order chi connectivity index (χ0) is 16.9. The summed E-state index contributed by atoms with van der Waals surface area (Å²) < 4.78 is 45.6. The predicted molar refractivity (Wildman–Crippen MR) is 77.0 cm³/mol. The highest BCUT2D eigenvalue weighted by molar-refractivity contribution is 5.67. The number of carbonyl (C=O) groups excluding carboxylic acids is 1. The third kappa shape index (κ3) is 5.63. The molecule has 0 N–H and O–H groups in total. The van der Waals surface area contributed by atoms with Crippen LogP contribution in [0.4, 0.5) is 18.0 Å². The summed E-state index contributed by atoms with van der Waals surface area (Å²) in [6.45, 7) is 4.96. The van der Waals surface area contributed by atoms with E-state index >= 15 is 0 Å². The lowest BCUT2D eigenvalue weighted by Gasteiger charge is -2.34. The Bertz CT molecular complexity index is 529. The van der Waals surface area contributed by atoms with Crippen molar-refractivity contribution in [3.05, 3.63) is 29.8 Å². The lowest BCUT2D eigenvalue weighted by molar-refractivity contribution is -0.274. The number of alkyl halides is 3. The molecular formula is C15H19F3N2O3. The van der Waals surface area contributed by atoms with Crippen LogP contribution >= 0.6 is 0 Å². The summed E-state index contributed by atoms with van der Waals surface area (Å²) in [5.74, 6) is -0.222. The monoisotopic (exact) mass is 332 g/mol. The second-order valence-electron chi connectivity index (χ2n) is 5.16. The van der Waals surface area contributed by atoms with E-state index in [0.29, 0.717) is 39.3 Å². The normalized spacial score (nSPS) is 16.3. The van der Waals surface area contributed by atoms with Gasteiger partial charge in [-0.25, -0.2) is 4.79 Å². The number of hydrogen-bond donors (Lipinski definition) is 0. The summed E-state index contributed by atoms with van der Waals surface area (Å²) in [5.41, 5.74) is 0.733. The van der Waals surface area contributed by atoms with Crippen LogP contribution in [-0.4, -0.2) is 55.0 Å². The minimum absolute atomic E-state index is 0.222. The van der Waals surface area contributed by atoms with Crippen molar-refractivity contribution in [3.63, 3.8) is 0 Å². The van der Waals surface area contributed by atoms with E-state index < -0.39 is 6.36 Å². The molecule has 0 aromatic heterocycles. The molecule has 1 aromatic rings. The standard InChI is InChI=1S/C15H19F3N2O3/c1-2-22-14(21)20-8-6-19(7-9-20)11-12-4-3-5-13(10-12)23-15(16,17)18/h3-5,10H,2,6-9,11H2,1H3. The molecule has 1 heterocycles. The highest BCUT2D eigenvalue weighted by atomic mass is 19.4.